The van der Waals surface area contributed by atoms with Crippen molar-refractivity contribution in [1.82, 2.24) is 18.9 Å². The number of halogens is 4. The summed E-state index contributed by atoms with van der Waals surface area (Å²) < 4.78 is 51.8. The van der Waals surface area contributed by atoms with Crippen LogP contribution >= 0.6 is 23.5 Å². The second kappa shape index (κ2) is 11.8. The molecule has 0 N–H and O–H groups in total. The van der Waals surface area contributed by atoms with Crippen molar-refractivity contribution in [3.63, 3.8) is 0 Å². The number of nitriles is 1. The van der Waals surface area contributed by atoms with Crippen molar-refractivity contribution >= 4 is 23.5 Å². The fourth-order valence-corrected chi connectivity index (χ4v) is 4.59. The fourth-order valence-electron chi connectivity index (χ4n) is 3.47. The maximum atomic E-state index is 13.2. The maximum Gasteiger partial charge on any atom is 0.417 e. The summed E-state index contributed by atoms with van der Waals surface area (Å²) in [4.78, 5) is 24.6. The quantitative estimate of drug-likeness (QED) is 0.254. The summed E-state index contributed by atoms with van der Waals surface area (Å²) in [5.74, 6) is 0.898. The summed E-state index contributed by atoms with van der Waals surface area (Å²) in [6, 6.07) is 10.2. The third kappa shape index (κ3) is 6.87. The number of aromatic nitrogens is 4. The molecule has 8 nitrogen and oxygen atoms in total. The van der Waals surface area contributed by atoms with Crippen molar-refractivity contribution in [3.05, 3.63) is 104 Å². The molecular formula is C26H19ClF3N5O3S. The largest absolute Gasteiger partial charge is 0.467 e. The molecule has 39 heavy (non-hydrogen) atoms. The van der Waals surface area contributed by atoms with Gasteiger partial charge in [-0.05, 0) is 60.3 Å². The van der Waals surface area contributed by atoms with Gasteiger partial charge >= 0.3 is 12.2 Å². The zero-order valence-electron chi connectivity index (χ0n) is 20.5. The molecule has 0 radical (unpaired) electrons. The first-order valence-corrected chi connectivity index (χ1v) is 12.5. The Bertz CT molecular complexity index is 1600. The van der Waals surface area contributed by atoms with Crippen molar-refractivity contribution in [2.75, 3.05) is 7.11 Å². The highest BCUT2D eigenvalue weighted by Gasteiger charge is 2.33. The van der Waals surface area contributed by atoms with E-state index >= 15 is 0 Å². The first kappa shape index (κ1) is 27.9. The van der Waals surface area contributed by atoms with Crippen LogP contribution in [0.15, 0.2) is 59.8 Å². The molecule has 4 aromatic rings. The van der Waals surface area contributed by atoms with Crippen LogP contribution in [0.3, 0.4) is 0 Å². The van der Waals surface area contributed by atoms with Crippen molar-refractivity contribution < 1.29 is 22.6 Å². The number of rotatable bonds is 8. The van der Waals surface area contributed by atoms with Crippen LogP contribution in [0.1, 0.15) is 33.6 Å². The van der Waals surface area contributed by atoms with Crippen molar-refractivity contribution in [1.29, 1.82) is 5.26 Å². The number of benzene rings is 2. The summed E-state index contributed by atoms with van der Waals surface area (Å²) in [5, 5.41) is 9.16. The van der Waals surface area contributed by atoms with Crippen LogP contribution in [-0.4, -0.2) is 26.0 Å². The number of nitrogens with zero attached hydrogens (tertiary/aromatic N) is 5. The molecule has 0 saturated carbocycles. The number of alkyl halides is 3. The van der Waals surface area contributed by atoms with Crippen molar-refractivity contribution in [2.45, 2.75) is 25.3 Å². The lowest BCUT2D eigenvalue weighted by Gasteiger charge is -2.13. The lowest BCUT2D eigenvalue weighted by Crippen LogP contribution is -2.18. The molecule has 0 amide bonds. The van der Waals surface area contributed by atoms with Gasteiger partial charge in [0.05, 0.1) is 23.3 Å². The Morgan fingerprint density at radius 1 is 1.13 bits per heavy atom. The van der Waals surface area contributed by atoms with Gasteiger partial charge in [0.15, 0.2) is 0 Å². The number of ether oxygens (including phenoxy) is 2. The second-order valence-electron chi connectivity index (χ2n) is 8.16. The Labute approximate surface area is 230 Å². The predicted molar refractivity (Wildman–Crippen MR) is 139 cm³/mol. The van der Waals surface area contributed by atoms with Crippen LogP contribution in [0.25, 0.3) is 0 Å². The molecule has 0 spiro atoms. The molecule has 200 valence electrons. The van der Waals surface area contributed by atoms with E-state index in [1.165, 1.54) is 31.2 Å². The molecule has 0 saturated heterocycles. The van der Waals surface area contributed by atoms with Crippen LogP contribution in [0, 0.1) is 18.3 Å². The number of hydrogen-bond acceptors (Lipinski definition) is 8. The van der Waals surface area contributed by atoms with E-state index in [0.717, 1.165) is 17.7 Å². The van der Waals surface area contributed by atoms with Gasteiger partial charge in [0.2, 0.25) is 0 Å². The molecule has 0 aliphatic rings. The molecular weight excluding hydrogens is 555 g/mol. The lowest BCUT2D eigenvalue weighted by molar-refractivity contribution is -0.137. The summed E-state index contributed by atoms with van der Waals surface area (Å²) in [6.45, 7) is 1.70. The molecule has 0 bridgehead atoms. The van der Waals surface area contributed by atoms with E-state index in [2.05, 4.69) is 15.0 Å². The van der Waals surface area contributed by atoms with Gasteiger partial charge in [-0.25, -0.2) is 9.97 Å². The fraction of sp³-hybridized carbons (Fsp3) is 0.192. The number of hydrogen-bond donors (Lipinski definition) is 0. The molecule has 0 fully saturated rings. The van der Waals surface area contributed by atoms with Gasteiger partial charge in [-0.15, -0.1) is 0 Å². The number of methoxy groups -OCH3 is 1. The van der Waals surface area contributed by atoms with Gasteiger partial charge < -0.3 is 9.47 Å². The smallest absolute Gasteiger partial charge is 0.417 e. The van der Waals surface area contributed by atoms with E-state index < -0.39 is 16.8 Å². The average Bonchev–Trinajstić information content (AvgIpc) is 2.91. The van der Waals surface area contributed by atoms with E-state index in [-0.39, 0.29) is 35.1 Å². The standard InChI is InChI=1S/C26H19ClF3N5O3S/c1-15-34-24(36)19(8-17-11-32-25(37-2)33-12-17)13-35(15)39-14-16-3-6-23(18(7-16)10-31)38-20-4-5-22(27)21(9-20)26(28,29)30/h3-7,9,11-13H,8,14H2,1-2H3. The molecule has 4 rings (SSSR count). The van der Waals surface area contributed by atoms with Crippen LogP contribution in [0.5, 0.6) is 17.5 Å². The molecule has 0 aliphatic heterocycles. The zero-order chi connectivity index (χ0) is 28.2. The zero-order valence-corrected chi connectivity index (χ0v) is 22.1. The van der Waals surface area contributed by atoms with Gasteiger partial charge in [-0.1, -0.05) is 17.7 Å². The van der Waals surface area contributed by atoms with Crippen LogP contribution in [-0.2, 0) is 18.3 Å². The summed E-state index contributed by atoms with van der Waals surface area (Å²) in [6.07, 6.45) is 0.475. The van der Waals surface area contributed by atoms with Crippen LogP contribution < -0.4 is 15.0 Å². The second-order valence-corrected chi connectivity index (χ2v) is 9.50. The van der Waals surface area contributed by atoms with Crippen molar-refractivity contribution in [3.8, 4) is 23.6 Å². The van der Waals surface area contributed by atoms with E-state index in [1.807, 2.05) is 6.07 Å². The molecule has 2 aromatic heterocycles. The van der Waals surface area contributed by atoms with Crippen LogP contribution in [0.2, 0.25) is 5.02 Å². The monoisotopic (exact) mass is 573 g/mol. The highest BCUT2D eigenvalue weighted by Crippen LogP contribution is 2.38. The topological polar surface area (TPSA) is 103 Å². The van der Waals surface area contributed by atoms with Crippen LogP contribution in [0.4, 0.5) is 13.2 Å². The minimum Gasteiger partial charge on any atom is -0.467 e. The van der Waals surface area contributed by atoms with E-state index in [0.29, 0.717) is 22.7 Å². The third-order valence-corrected chi connectivity index (χ3v) is 6.83. The predicted octanol–water partition coefficient (Wildman–Crippen LogP) is 5.97. The minimum absolute atomic E-state index is 0.102. The first-order chi connectivity index (χ1) is 18.6. The minimum atomic E-state index is -4.65. The van der Waals surface area contributed by atoms with Crippen molar-refractivity contribution in [2.24, 2.45) is 0 Å². The third-order valence-electron chi connectivity index (χ3n) is 5.39. The van der Waals surface area contributed by atoms with Gasteiger partial charge in [-0.2, -0.15) is 23.4 Å². The number of aryl methyl sites for hydroxylation is 1. The van der Waals surface area contributed by atoms with E-state index in [9.17, 15) is 23.2 Å². The normalized spacial score (nSPS) is 11.2. The maximum absolute atomic E-state index is 13.2. The highest BCUT2D eigenvalue weighted by molar-refractivity contribution is 7.97. The molecule has 2 heterocycles. The summed E-state index contributed by atoms with van der Waals surface area (Å²) in [7, 11) is 1.46. The van der Waals surface area contributed by atoms with Gasteiger partial charge in [-0.3, -0.25) is 8.77 Å². The first-order valence-electron chi connectivity index (χ1n) is 11.2. The Morgan fingerprint density at radius 2 is 1.87 bits per heavy atom. The molecule has 0 aliphatic carbocycles. The molecule has 0 atom stereocenters. The molecule has 0 unspecified atom stereocenters. The Morgan fingerprint density at radius 3 is 2.54 bits per heavy atom. The van der Waals surface area contributed by atoms with E-state index in [4.69, 9.17) is 21.1 Å². The Balaban J connectivity index is 1.50. The average molecular weight is 574 g/mol. The molecule has 13 heteroatoms. The molecule has 2 aromatic carbocycles. The Kier molecular flexibility index (Phi) is 8.42. The highest BCUT2D eigenvalue weighted by atomic mass is 35.5. The van der Waals surface area contributed by atoms with Gasteiger partial charge in [0.1, 0.15) is 23.4 Å². The van der Waals surface area contributed by atoms with E-state index in [1.54, 1.807) is 41.6 Å². The SMILES string of the molecule is COc1ncc(Cc2cn(SCc3ccc(Oc4ccc(Cl)c(C(F)(F)F)c4)c(C#N)c3)c(C)nc2=O)cn1. The Hall–Kier alpha value is -4.08. The summed E-state index contributed by atoms with van der Waals surface area (Å²) in [5.41, 5.74) is 0.671. The van der Waals surface area contributed by atoms with Gasteiger partial charge in [0, 0.05) is 36.3 Å². The van der Waals surface area contributed by atoms with Gasteiger partial charge in [0.25, 0.3) is 5.56 Å². The summed E-state index contributed by atoms with van der Waals surface area (Å²) >= 11 is 7.01. The lowest BCUT2D eigenvalue weighted by atomic mass is 10.1.